The Morgan fingerprint density at radius 3 is 2.60 bits per heavy atom. The minimum Gasteiger partial charge on any atom is -0.465 e. The monoisotopic (exact) mass is 450 g/mol. The van der Waals surface area contributed by atoms with Crippen molar-refractivity contribution in [2.45, 2.75) is 25.3 Å². The number of carbonyl (C=O) groups is 2. The van der Waals surface area contributed by atoms with Gasteiger partial charge < -0.3 is 9.30 Å². The van der Waals surface area contributed by atoms with Crippen molar-refractivity contribution in [2.75, 3.05) is 12.4 Å². The summed E-state index contributed by atoms with van der Waals surface area (Å²) in [5.41, 5.74) is 0.217. The van der Waals surface area contributed by atoms with E-state index in [2.05, 4.69) is 4.99 Å². The third-order valence-electron chi connectivity index (χ3n) is 4.26. The third kappa shape index (κ3) is 4.49. The van der Waals surface area contributed by atoms with Gasteiger partial charge in [0.15, 0.2) is 14.6 Å². The second-order valence-electron chi connectivity index (χ2n) is 6.21. The molecule has 1 aromatic heterocycles. The van der Waals surface area contributed by atoms with Gasteiger partial charge >= 0.3 is 5.97 Å². The van der Waals surface area contributed by atoms with E-state index in [4.69, 9.17) is 4.74 Å². The van der Waals surface area contributed by atoms with Gasteiger partial charge in [0.2, 0.25) is 0 Å². The van der Waals surface area contributed by atoms with Crippen molar-refractivity contribution in [2.24, 2.45) is 4.99 Å². The van der Waals surface area contributed by atoms with Crippen molar-refractivity contribution in [1.82, 2.24) is 4.57 Å². The van der Waals surface area contributed by atoms with Crippen LogP contribution in [-0.2, 0) is 25.9 Å². The number of rotatable bonds is 6. The summed E-state index contributed by atoms with van der Waals surface area (Å²) in [6.45, 7) is 3.01. The number of para-hydroxylation sites is 1. The second kappa shape index (κ2) is 8.88. The number of ether oxygens (including phenoxy) is 1. The van der Waals surface area contributed by atoms with Crippen LogP contribution >= 0.6 is 11.3 Å². The summed E-state index contributed by atoms with van der Waals surface area (Å²) < 4.78 is 45.3. The molecule has 1 amide bonds. The first kappa shape index (κ1) is 21.8. The first-order chi connectivity index (χ1) is 14.3. The summed E-state index contributed by atoms with van der Waals surface area (Å²) in [4.78, 5) is 28.9. The number of aromatic nitrogens is 1. The highest BCUT2D eigenvalue weighted by atomic mass is 32.2. The van der Waals surface area contributed by atoms with Crippen LogP contribution in [0, 0.1) is 5.82 Å². The molecule has 30 heavy (non-hydrogen) atoms. The number of thiazole rings is 1. The molecule has 0 N–H and O–H groups in total. The van der Waals surface area contributed by atoms with Gasteiger partial charge in [0.05, 0.1) is 27.5 Å². The predicted molar refractivity (Wildman–Crippen MR) is 110 cm³/mol. The molecule has 158 valence electrons. The number of halogens is 1. The van der Waals surface area contributed by atoms with Crippen molar-refractivity contribution in [3.05, 3.63) is 58.6 Å². The summed E-state index contributed by atoms with van der Waals surface area (Å²) in [6, 6.07) is 10.0. The van der Waals surface area contributed by atoms with Gasteiger partial charge in [0, 0.05) is 5.56 Å². The summed E-state index contributed by atoms with van der Waals surface area (Å²) in [6.07, 6.45) is 0. The topological polar surface area (TPSA) is 94.8 Å². The number of hydrogen-bond acceptors (Lipinski definition) is 6. The Hall–Kier alpha value is -2.85. The third-order valence-corrected chi connectivity index (χ3v) is 7.04. The Morgan fingerprint density at radius 1 is 1.17 bits per heavy atom. The second-order valence-corrected chi connectivity index (χ2v) is 9.50. The largest absolute Gasteiger partial charge is 0.465 e. The first-order valence-electron chi connectivity index (χ1n) is 9.12. The quantitative estimate of drug-likeness (QED) is 0.538. The SMILES string of the molecule is CCOC(=O)Cn1c(=NC(=O)c2cccc(S(=O)(=O)CC)c2)sc2cccc(F)c21. The average molecular weight is 451 g/mol. The molecule has 0 fully saturated rings. The average Bonchev–Trinajstić information content (AvgIpc) is 3.06. The fourth-order valence-corrected chi connectivity index (χ4v) is 4.76. The molecular formula is C20H19FN2O5S2. The predicted octanol–water partition coefficient (Wildman–Crippen LogP) is 2.94. The number of hydrogen-bond donors (Lipinski definition) is 0. The number of nitrogens with zero attached hydrogens (tertiary/aromatic N) is 2. The molecule has 0 saturated carbocycles. The van der Waals surface area contributed by atoms with Crippen LogP contribution in [0.4, 0.5) is 4.39 Å². The highest BCUT2D eigenvalue weighted by molar-refractivity contribution is 7.91. The molecule has 7 nitrogen and oxygen atoms in total. The van der Waals surface area contributed by atoms with Gasteiger partial charge in [-0.05, 0) is 37.3 Å². The van der Waals surface area contributed by atoms with E-state index in [1.54, 1.807) is 13.0 Å². The van der Waals surface area contributed by atoms with E-state index in [9.17, 15) is 22.4 Å². The Labute approximate surface area is 176 Å². The van der Waals surface area contributed by atoms with Crippen LogP contribution < -0.4 is 4.80 Å². The molecule has 0 saturated heterocycles. The maximum Gasteiger partial charge on any atom is 0.326 e. The van der Waals surface area contributed by atoms with Crippen LogP contribution in [0.5, 0.6) is 0 Å². The minimum atomic E-state index is -3.49. The summed E-state index contributed by atoms with van der Waals surface area (Å²) in [5, 5.41) is 0. The van der Waals surface area contributed by atoms with E-state index in [0.717, 1.165) is 11.3 Å². The maximum atomic E-state index is 14.4. The Kier molecular flexibility index (Phi) is 6.47. The summed E-state index contributed by atoms with van der Waals surface area (Å²) in [5.74, 6) is -1.95. The lowest BCUT2D eigenvalue weighted by Gasteiger charge is -2.06. The van der Waals surface area contributed by atoms with Crippen LogP contribution in [0.3, 0.4) is 0 Å². The maximum absolute atomic E-state index is 14.4. The Morgan fingerprint density at radius 2 is 1.90 bits per heavy atom. The van der Waals surface area contributed by atoms with Gasteiger partial charge in [-0.15, -0.1) is 0 Å². The van der Waals surface area contributed by atoms with E-state index >= 15 is 0 Å². The molecule has 0 aliphatic carbocycles. The van der Waals surface area contributed by atoms with E-state index in [-0.39, 0.29) is 39.7 Å². The Balaban J connectivity index is 2.12. The highest BCUT2D eigenvalue weighted by Crippen LogP contribution is 2.21. The van der Waals surface area contributed by atoms with Crippen molar-refractivity contribution in [1.29, 1.82) is 0 Å². The normalized spacial score (nSPS) is 12.3. The molecule has 2 aromatic carbocycles. The number of carbonyl (C=O) groups excluding carboxylic acids is 2. The van der Waals surface area contributed by atoms with Crippen LogP contribution in [0.1, 0.15) is 24.2 Å². The lowest BCUT2D eigenvalue weighted by atomic mass is 10.2. The minimum absolute atomic E-state index is 0.0211. The zero-order valence-electron chi connectivity index (χ0n) is 16.3. The zero-order valence-corrected chi connectivity index (χ0v) is 17.9. The zero-order chi connectivity index (χ0) is 21.9. The number of sulfone groups is 1. The van der Waals surface area contributed by atoms with Gasteiger partial charge in [-0.3, -0.25) is 9.59 Å². The highest BCUT2D eigenvalue weighted by Gasteiger charge is 2.17. The van der Waals surface area contributed by atoms with Gasteiger partial charge in [0.1, 0.15) is 12.4 Å². The van der Waals surface area contributed by atoms with Crippen molar-refractivity contribution >= 4 is 43.3 Å². The molecule has 3 aromatic rings. The molecule has 0 radical (unpaired) electrons. The van der Waals surface area contributed by atoms with Gasteiger partial charge in [-0.25, -0.2) is 12.8 Å². The van der Waals surface area contributed by atoms with Gasteiger partial charge in [-0.1, -0.05) is 30.4 Å². The molecule has 0 aliphatic heterocycles. The molecule has 0 bridgehead atoms. The number of esters is 1. The molecule has 1 heterocycles. The molecule has 10 heteroatoms. The van der Waals surface area contributed by atoms with Gasteiger partial charge in [0.25, 0.3) is 5.91 Å². The number of fused-ring (bicyclic) bond motifs is 1. The smallest absolute Gasteiger partial charge is 0.326 e. The van der Waals surface area contributed by atoms with E-state index < -0.39 is 27.5 Å². The molecule has 3 rings (SSSR count). The van der Waals surface area contributed by atoms with Crippen molar-refractivity contribution in [3.8, 4) is 0 Å². The van der Waals surface area contributed by atoms with Crippen molar-refractivity contribution in [3.63, 3.8) is 0 Å². The number of amides is 1. The number of benzene rings is 2. The van der Waals surface area contributed by atoms with Crippen LogP contribution in [0.2, 0.25) is 0 Å². The van der Waals surface area contributed by atoms with Gasteiger partial charge in [-0.2, -0.15) is 4.99 Å². The molecule has 0 aliphatic rings. The fraction of sp³-hybridized carbons (Fsp3) is 0.250. The molecular weight excluding hydrogens is 431 g/mol. The first-order valence-corrected chi connectivity index (χ1v) is 11.6. The lowest BCUT2D eigenvalue weighted by molar-refractivity contribution is -0.143. The van der Waals surface area contributed by atoms with Crippen LogP contribution in [-0.4, -0.2) is 37.2 Å². The molecule has 0 unspecified atom stereocenters. The standard InChI is InChI=1S/C20H19FN2O5S2/c1-3-28-17(24)12-23-18-15(21)9-6-10-16(18)29-20(23)22-19(25)13-7-5-8-14(11-13)30(26,27)4-2/h5-11H,3-4,12H2,1-2H3. The summed E-state index contributed by atoms with van der Waals surface area (Å²) in [7, 11) is -3.49. The lowest BCUT2D eigenvalue weighted by Crippen LogP contribution is -2.23. The van der Waals surface area contributed by atoms with Crippen LogP contribution in [0.15, 0.2) is 52.4 Å². The van der Waals surface area contributed by atoms with E-state index in [0.29, 0.717) is 4.70 Å². The fourth-order valence-electron chi connectivity index (χ4n) is 2.80. The van der Waals surface area contributed by atoms with Crippen LogP contribution in [0.25, 0.3) is 10.2 Å². The van der Waals surface area contributed by atoms with Crippen molar-refractivity contribution < 1.29 is 27.1 Å². The molecule has 0 atom stereocenters. The molecule has 0 spiro atoms. The Bertz CT molecular complexity index is 1290. The van der Waals surface area contributed by atoms with E-state index in [1.165, 1.54) is 47.9 Å². The summed E-state index contributed by atoms with van der Waals surface area (Å²) >= 11 is 1.04. The van der Waals surface area contributed by atoms with E-state index in [1.807, 2.05) is 0 Å².